The van der Waals surface area contributed by atoms with Gasteiger partial charge in [-0.1, -0.05) is 48.4 Å². The molecule has 0 spiro atoms. The summed E-state index contributed by atoms with van der Waals surface area (Å²) in [5.74, 6) is 0. The quantitative estimate of drug-likeness (QED) is 0.838. The van der Waals surface area contributed by atoms with Gasteiger partial charge in [-0.05, 0) is 61.7 Å². The monoisotopic (exact) mass is 287 g/mol. The Morgan fingerprint density at radius 2 is 1.55 bits per heavy atom. The predicted octanol–water partition coefficient (Wildman–Crippen LogP) is 4.96. The summed E-state index contributed by atoms with van der Waals surface area (Å²) in [7, 11) is 0. The molecule has 0 radical (unpaired) electrons. The predicted molar refractivity (Wildman–Crippen MR) is 87.6 cm³/mol. The van der Waals surface area contributed by atoms with Gasteiger partial charge in [-0.2, -0.15) is 0 Å². The molecule has 0 saturated heterocycles. The smallest absolute Gasteiger partial charge is 0.0581 e. The fraction of sp³-hybridized carbons (Fsp3) is 0.333. The standard InChI is InChI=1S/C18H22ClN/c1-5-20-18(16-8-6-12(2)10-13(16)3)17-9-7-15(19)11-14(17)4/h6-11,18,20H,5H2,1-4H3. The summed E-state index contributed by atoms with van der Waals surface area (Å²) in [6.45, 7) is 9.50. The number of nitrogens with one attached hydrogen (secondary N) is 1. The van der Waals surface area contributed by atoms with Crippen LogP contribution in [0.3, 0.4) is 0 Å². The molecular weight excluding hydrogens is 266 g/mol. The van der Waals surface area contributed by atoms with Crippen LogP contribution >= 0.6 is 11.6 Å². The molecule has 0 aliphatic carbocycles. The Morgan fingerprint density at radius 1 is 0.950 bits per heavy atom. The maximum Gasteiger partial charge on any atom is 0.0581 e. The Hall–Kier alpha value is -1.31. The van der Waals surface area contributed by atoms with Crippen LogP contribution in [-0.4, -0.2) is 6.54 Å². The van der Waals surface area contributed by atoms with Crippen molar-refractivity contribution in [2.24, 2.45) is 0 Å². The van der Waals surface area contributed by atoms with Crippen molar-refractivity contribution in [1.29, 1.82) is 0 Å². The molecular formula is C18H22ClN. The summed E-state index contributed by atoms with van der Waals surface area (Å²) >= 11 is 6.08. The van der Waals surface area contributed by atoms with Crippen molar-refractivity contribution in [3.8, 4) is 0 Å². The molecule has 0 aliphatic rings. The Kier molecular flexibility index (Phi) is 4.85. The average molecular weight is 288 g/mol. The van der Waals surface area contributed by atoms with E-state index < -0.39 is 0 Å². The van der Waals surface area contributed by atoms with E-state index in [0.29, 0.717) is 0 Å². The van der Waals surface area contributed by atoms with Crippen molar-refractivity contribution < 1.29 is 0 Å². The fourth-order valence-electron chi connectivity index (χ4n) is 2.70. The molecule has 1 atom stereocenters. The highest BCUT2D eigenvalue weighted by molar-refractivity contribution is 6.30. The summed E-state index contributed by atoms with van der Waals surface area (Å²) in [6.07, 6.45) is 0. The fourth-order valence-corrected chi connectivity index (χ4v) is 2.93. The minimum atomic E-state index is 0.220. The number of halogens is 1. The first-order valence-electron chi connectivity index (χ1n) is 7.09. The van der Waals surface area contributed by atoms with Crippen LogP contribution in [0.2, 0.25) is 5.02 Å². The maximum absolute atomic E-state index is 6.08. The second-order valence-electron chi connectivity index (χ2n) is 5.35. The van der Waals surface area contributed by atoms with Gasteiger partial charge in [-0.15, -0.1) is 0 Å². The lowest BCUT2D eigenvalue weighted by atomic mass is 9.91. The first-order chi connectivity index (χ1) is 9.52. The Balaban J connectivity index is 2.50. The van der Waals surface area contributed by atoms with E-state index in [-0.39, 0.29) is 6.04 Å². The molecule has 0 aliphatic heterocycles. The van der Waals surface area contributed by atoms with Gasteiger partial charge in [0.15, 0.2) is 0 Å². The highest BCUT2D eigenvalue weighted by Gasteiger charge is 2.17. The van der Waals surface area contributed by atoms with Gasteiger partial charge in [0, 0.05) is 5.02 Å². The van der Waals surface area contributed by atoms with E-state index >= 15 is 0 Å². The number of hydrogen-bond acceptors (Lipinski definition) is 1. The SMILES string of the molecule is CCNC(c1ccc(C)cc1C)c1ccc(Cl)cc1C. The first-order valence-corrected chi connectivity index (χ1v) is 7.47. The van der Waals surface area contributed by atoms with Gasteiger partial charge in [0.1, 0.15) is 0 Å². The van der Waals surface area contributed by atoms with E-state index in [4.69, 9.17) is 11.6 Å². The highest BCUT2D eigenvalue weighted by atomic mass is 35.5. The summed E-state index contributed by atoms with van der Waals surface area (Å²) in [6, 6.07) is 13.0. The van der Waals surface area contributed by atoms with Crippen LogP contribution in [0.4, 0.5) is 0 Å². The molecule has 2 rings (SSSR count). The van der Waals surface area contributed by atoms with E-state index in [1.807, 2.05) is 12.1 Å². The van der Waals surface area contributed by atoms with Crippen molar-refractivity contribution in [3.05, 3.63) is 69.2 Å². The van der Waals surface area contributed by atoms with Gasteiger partial charge in [0.2, 0.25) is 0 Å². The number of hydrogen-bond donors (Lipinski definition) is 1. The lowest BCUT2D eigenvalue weighted by Gasteiger charge is -2.23. The number of rotatable bonds is 4. The second-order valence-corrected chi connectivity index (χ2v) is 5.79. The zero-order chi connectivity index (χ0) is 14.7. The van der Waals surface area contributed by atoms with Crippen LogP contribution in [0.5, 0.6) is 0 Å². The molecule has 1 nitrogen and oxygen atoms in total. The third kappa shape index (κ3) is 3.23. The third-order valence-corrected chi connectivity index (χ3v) is 3.92. The Morgan fingerprint density at radius 3 is 2.10 bits per heavy atom. The van der Waals surface area contributed by atoms with Crippen LogP contribution < -0.4 is 5.32 Å². The molecule has 2 aromatic rings. The lowest BCUT2D eigenvalue weighted by molar-refractivity contribution is 0.625. The van der Waals surface area contributed by atoms with Gasteiger partial charge in [0.05, 0.1) is 6.04 Å². The average Bonchev–Trinajstić information content (AvgIpc) is 2.37. The molecule has 0 saturated carbocycles. The van der Waals surface area contributed by atoms with Gasteiger partial charge < -0.3 is 5.32 Å². The minimum Gasteiger partial charge on any atom is -0.307 e. The largest absolute Gasteiger partial charge is 0.307 e. The van der Waals surface area contributed by atoms with Gasteiger partial charge in [-0.3, -0.25) is 0 Å². The topological polar surface area (TPSA) is 12.0 Å². The molecule has 0 amide bonds. The number of benzene rings is 2. The molecule has 1 unspecified atom stereocenters. The lowest BCUT2D eigenvalue weighted by Crippen LogP contribution is -2.23. The van der Waals surface area contributed by atoms with E-state index in [9.17, 15) is 0 Å². The molecule has 106 valence electrons. The first kappa shape index (κ1) is 15.1. The zero-order valence-electron chi connectivity index (χ0n) is 12.6. The van der Waals surface area contributed by atoms with E-state index in [1.165, 1.54) is 27.8 Å². The van der Waals surface area contributed by atoms with Crippen LogP contribution in [0.1, 0.15) is 40.8 Å². The van der Waals surface area contributed by atoms with Crippen LogP contribution in [-0.2, 0) is 0 Å². The highest BCUT2D eigenvalue weighted by Crippen LogP contribution is 2.29. The van der Waals surface area contributed by atoms with Gasteiger partial charge in [0.25, 0.3) is 0 Å². The Bertz CT molecular complexity index is 553. The van der Waals surface area contributed by atoms with Gasteiger partial charge >= 0.3 is 0 Å². The molecule has 2 heteroatoms. The summed E-state index contributed by atoms with van der Waals surface area (Å²) in [5, 5.41) is 4.39. The van der Waals surface area contributed by atoms with Crippen molar-refractivity contribution in [3.63, 3.8) is 0 Å². The molecule has 0 fully saturated rings. The normalized spacial score (nSPS) is 12.4. The summed E-state index contributed by atoms with van der Waals surface area (Å²) in [4.78, 5) is 0. The van der Waals surface area contributed by atoms with Crippen molar-refractivity contribution in [2.45, 2.75) is 33.7 Å². The zero-order valence-corrected chi connectivity index (χ0v) is 13.4. The van der Waals surface area contributed by atoms with Crippen LogP contribution in [0, 0.1) is 20.8 Å². The van der Waals surface area contributed by atoms with Crippen molar-refractivity contribution in [1.82, 2.24) is 5.32 Å². The minimum absolute atomic E-state index is 0.220. The van der Waals surface area contributed by atoms with E-state index in [1.54, 1.807) is 0 Å². The molecule has 0 aromatic heterocycles. The van der Waals surface area contributed by atoms with Gasteiger partial charge in [-0.25, -0.2) is 0 Å². The summed E-state index contributed by atoms with van der Waals surface area (Å²) in [5.41, 5.74) is 6.48. The molecule has 1 N–H and O–H groups in total. The van der Waals surface area contributed by atoms with E-state index in [0.717, 1.165) is 11.6 Å². The Labute approximate surface area is 127 Å². The molecule has 0 heterocycles. The number of aryl methyl sites for hydroxylation is 3. The molecule has 0 bridgehead atoms. The summed E-state index contributed by atoms with van der Waals surface area (Å²) < 4.78 is 0. The maximum atomic E-state index is 6.08. The van der Waals surface area contributed by atoms with Crippen LogP contribution in [0.25, 0.3) is 0 Å². The van der Waals surface area contributed by atoms with Crippen molar-refractivity contribution in [2.75, 3.05) is 6.54 Å². The molecule has 2 aromatic carbocycles. The van der Waals surface area contributed by atoms with Crippen molar-refractivity contribution >= 4 is 11.6 Å². The van der Waals surface area contributed by atoms with E-state index in [2.05, 4.69) is 57.3 Å². The van der Waals surface area contributed by atoms with Crippen LogP contribution in [0.15, 0.2) is 36.4 Å². The molecule has 20 heavy (non-hydrogen) atoms. The third-order valence-electron chi connectivity index (χ3n) is 3.69. The second kappa shape index (κ2) is 6.43.